The number of aromatic nitrogens is 10. The van der Waals surface area contributed by atoms with Crippen molar-refractivity contribution in [2.24, 2.45) is 0 Å². The number of hydrogen-bond donors (Lipinski definition) is 1. The average Bonchev–Trinajstić information content (AvgIpc) is 3.14. The highest BCUT2D eigenvalue weighted by Gasteiger charge is 2.29. The molecule has 1 aromatic carbocycles. The summed E-state index contributed by atoms with van der Waals surface area (Å²) < 4.78 is 1.85. The summed E-state index contributed by atoms with van der Waals surface area (Å²) >= 11 is 2.73. The van der Waals surface area contributed by atoms with E-state index in [0.29, 0.717) is 21.4 Å². The minimum atomic E-state index is 0.389. The fraction of sp³-hybridized carbons (Fsp3) is 0.231. The van der Waals surface area contributed by atoms with Crippen molar-refractivity contribution >= 4 is 34.6 Å². The highest BCUT2D eigenvalue weighted by molar-refractivity contribution is 8.02. The number of tetrazole rings is 2. The van der Waals surface area contributed by atoms with Crippen LogP contribution in [-0.4, -0.2) is 50.8 Å². The zero-order valence-corrected chi connectivity index (χ0v) is 14.3. The number of rotatable bonds is 5. The molecule has 1 fully saturated rings. The van der Waals surface area contributed by atoms with Crippen LogP contribution in [0.15, 0.2) is 44.6 Å². The van der Waals surface area contributed by atoms with Gasteiger partial charge in [-0.1, -0.05) is 12.1 Å². The molecule has 3 aromatic heterocycles. The monoisotopic (exact) mass is 370 g/mol. The molecule has 0 bridgehead atoms. The maximum atomic E-state index is 4.74. The van der Waals surface area contributed by atoms with Crippen LogP contribution in [0.4, 0.5) is 0 Å². The van der Waals surface area contributed by atoms with Gasteiger partial charge in [0.15, 0.2) is 0 Å². The molecule has 1 saturated carbocycles. The highest BCUT2D eigenvalue weighted by atomic mass is 32.2. The standard InChI is InChI=1S/C13H10N10S2/c1-2-4-9-8(3-1)14-10(24-12-16-19-20-17-12)11(15-9)25-13-18-21-22-23(13)7-5-6-7/h1-4,7H,5-6H2,(H,16,17,19,20). The summed E-state index contributed by atoms with van der Waals surface area (Å²) in [6, 6.07) is 8.11. The lowest BCUT2D eigenvalue weighted by Gasteiger charge is -2.07. The van der Waals surface area contributed by atoms with E-state index in [-0.39, 0.29) is 0 Å². The molecule has 3 heterocycles. The molecule has 12 heteroatoms. The molecule has 25 heavy (non-hydrogen) atoms. The summed E-state index contributed by atoms with van der Waals surface area (Å²) in [5.41, 5.74) is 1.62. The predicted molar refractivity (Wildman–Crippen MR) is 88.0 cm³/mol. The van der Waals surface area contributed by atoms with Crippen molar-refractivity contribution in [3.05, 3.63) is 24.3 Å². The van der Waals surface area contributed by atoms with Gasteiger partial charge in [-0.2, -0.15) is 0 Å². The van der Waals surface area contributed by atoms with E-state index in [9.17, 15) is 0 Å². The lowest BCUT2D eigenvalue weighted by Crippen LogP contribution is -2.00. The SMILES string of the molecule is c1ccc2nc(Sc3nnnn3C3CC3)c(Sc3nnn[nH]3)nc2c1. The first-order chi connectivity index (χ1) is 12.4. The third kappa shape index (κ3) is 2.93. The van der Waals surface area contributed by atoms with Crippen LogP contribution in [0, 0.1) is 0 Å². The first-order valence-electron chi connectivity index (χ1n) is 7.51. The van der Waals surface area contributed by atoms with Gasteiger partial charge in [-0.05, 0) is 69.4 Å². The Morgan fingerprint density at radius 1 is 0.960 bits per heavy atom. The van der Waals surface area contributed by atoms with E-state index in [0.717, 1.165) is 28.9 Å². The maximum absolute atomic E-state index is 4.74. The van der Waals surface area contributed by atoms with Crippen molar-refractivity contribution in [2.45, 2.75) is 39.2 Å². The molecule has 0 atom stereocenters. The van der Waals surface area contributed by atoms with Crippen molar-refractivity contribution in [1.82, 2.24) is 50.8 Å². The number of nitrogens with one attached hydrogen (secondary N) is 1. The smallest absolute Gasteiger partial charge is 0.215 e. The van der Waals surface area contributed by atoms with Gasteiger partial charge in [0.1, 0.15) is 10.1 Å². The molecule has 0 amide bonds. The molecular weight excluding hydrogens is 360 g/mol. The van der Waals surface area contributed by atoms with E-state index < -0.39 is 0 Å². The Kier molecular flexibility index (Phi) is 3.56. The number of fused-ring (bicyclic) bond motifs is 1. The minimum absolute atomic E-state index is 0.389. The molecule has 1 aliphatic rings. The molecule has 0 radical (unpaired) electrons. The van der Waals surface area contributed by atoms with Crippen LogP contribution >= 0.6 is 23.5 Å². The summed E-state index contributed by atoms with van der Waals surface area (Å²) in [6.45, 7) is 0. The Bertz CT molecular complexity index is 1030. The molecule has 1 aliphatic carbocycles. The molecule has 4 aromatic rings. The second kappa shape index (κ2) is 6.04. The number of nitrogens with zero attached hydrogens (tertiary/aromatic N) is 9. The van der Waals surface area contributed by atoms with E-state index in [1.807, 2.05) is 28.9 Å². The number of benzene rings is 1. The van der Waals surface area contributed by atoms with Crippen LogP contribution in [0.2, 0.25) is 0 Å². The lowest BCUT2D eigenvalue weighted by molar-refractivity contribution is 0.565. The van der Waals surface area contributed by atoms with Gasteiger partial charge in [0.25, 0.3) is 0 Å². The van der Waals surface area contributed by atoms with Gasteiger partial charge in [0, 0.05) is 0 Å². The minimum Gasteiger partial charge on any atom is -0.236 e. The normalized spacial score (nSPS) is 14.2. The molecule has 0 spiro atoms. The summed E-state index contributed by atoms with van der Waals surface area (Å²) in [5, 5.41) is 28.5. The topological polar surface area (TPSA) is 124 Å². The lowest BCUT2D eigenvalue weighted by atomic mass is 10.3. The van der Waals surface area contributed by atoms with Crippen LogP contribution in [0.25, 0.3) is 11.0 Å². The van der Waals surface area contributed by atoms with Gasteiger partial charge in [0.05, 0.1) is 17.1 Å². The van der Waals surface area contributed by atoms with E-state index >= 15 is 0 Å². The molecule has 10 nitrogen and oxygen atoms in total. The van der Waals surface area contributed by atoms with Crippen LogP contribution in [-0.2, 0) is 0 Å². The fourth-order valence-electron chi connectivity index (χ4n) is 2.27. The van der Waals surface area contributed by atoms with Gasteiger partial charge in [0.2, 0.25) is 10.3 Å². The van der Waals surface area contributed by atoms with Gasteiger partial charge in [-0.3, -0.25) is 0 Å². The van der Waals surface area contributed by atoms with Crippen LogP contribution in [0.3, 0.4) is 0 Å². The predicted octanol–water partition coefficient (Wildman–Crippen LogP) is 1.77. The van der Waals surface area contributed by atoms with Crippen molar-refractivity contribution in [3.8, 4) is 0 Å². The summed E-state index contributed by atoms with van der Waals surface area (Å²) in [5.74, 6) is 0. The van der Waals surface area contributed by atoms with Crippen LogP contribution < -0.4 is 0 Å². The molecular formula is C13H10N10S2. The van der Waals surface area contributed by atoms with E-state index in [2.05, 4.69) is 36.1 Å². The quantitative estimate of drug-likeness (QED) is 0.555. The number of aromatic amines is 1. The van der Waals surface area contributed by atoms with E-state index in [1.165, 1.54) is 23.5 Å². The number of para-hydroxylation sites is 2. The van der Waals surface area contributed by atoms with E-state index in [4.69, 9.17) is 9.97 Å². The van der Waals surface area contributed by atoms with Gasteiger partial charge in [-0.25, -0.2) is 19.7 Å². The first-order valence-corrected chi connectivity index (χ1v) is 9.14. The van der Waals surface area contributed by atoms with Crippen molar-refractivity contribution in [3.63, 3.8) is 0 Å². The third-order valence-corrected chi connectivity index (χ3v) is 5.47. The fourth-order valence-corrected chi connectivity index (χ4v) is 3.95. The van der Waals surface area contributed by atoms with Gasteiger partial charge in [-0.15, -0.1) is 10.2 Å². The molecule has 1 N–H and O–H groups in total. The Morgan fingerprint density at radius 2 is 1.72 bits per heavy atom. The maximum Gasteiger partial charge on any atom is 0.215 e. The second-order valence-electron chi connectivity index (χ2n) is 5.37. The Morgan fingerprint density at radius 3 is 2.40 bits per heavy atom. The molecule has 124 valence electrons. The zero-order chi connectivity index (χ0) is 16.6. The largest absolute Gasteiger partial charge is 0.236 e. The first kappa shape index (κ1) is 14.7. The van der Waals surface area contributed by atoms with E-state index in [1.54, 1.807) is 0 Å². The van der Waals surface area contributed by atoms with Crippen molar-refractivity contribution in [1.29, 1.82) is 0 Å². The van der Waals surface area contributed by atoms with Crippen molar-refractivity contribution < 1.29 is 0 Å². The highest BCUT2D eigenvalue weighted by Crippen LogP contribution is 2.40. The Hall–Kier alpha value is -2.60. The van der Waals surface area contributed by atoms with Gasteiger partial charge < -0.3 is 0 Å². The zero-order valence-electron chi connectivity index (χ0n) is 12.6. The molecule has 0 unspecified atom stereocenters. The Labute approximate surface area is 149 Å². The second-order valence-corrected chi connectivity index (χ2v) is 7.30. The third-order valence-electron chi connectivity index (χ3n) is 3.57. The Balaban J connectivity index is 1.57. The van der Waals surface area contributed by atoms with Gasteiger partial charge >= 0.3 is 0 Å². The summed E-state index contributed by atoms with van der Waals surface area (Å²) in [7, 11) is 0. The molecule has 5 rings (SSSR count). The number of H-pyrrole nitrogens is 1. The van der Waals surface area contributed by atoms with Crippen LogP contribution in [0.1, 0.15) is 18.9 Å². The summed E-state index contributed by atoms with van der Waals surface area (Å²) in [4.78, 5) is 9.45. The van der Waals surface area contributed by atoms with Crippen molar-refractivity contribution in [2.75, 3.05) is 0 Å². The molecule has 0 aliphatic heterocycles. The average molecular weight is 370 g/mol. The number of hydrogen-bond acceptors (Lipinski definition) is 10. The molecule has 0 saturated heterocycles. The summed E-state index contributed by atoms with van der Waals surface area (Å²) in [6.07, 6.45) is 2.21. The van der Waals surface area contributed by atoms with Crippen LogP contribution in [0.5, 0.6) is 0 Å².